The van der Waals surface area contributed by atoms with E-state index in [0.29, 0.717) is 26.4 Å². The smallest absolute Gasteiger partial charge is 0.301 e. The lowest BCUT2D eigenvalue weighted by Crippen LogP contribution is -2.29. The third-order valence-corrected chi connectivity index (χ3v) is 8.32. The van der Waals surface area contributed by atoms with E-state index < -0.39 is 17.7 Å². The van der Waals surface area contributed by atoms with Crippen LogP contribution in [-0.4, -0.2) is 32.0 Å². The number of nitrogens with zero attached hydrogens (tertiary/aromatic N) is 4. The minimum Gasteiger partial charge on any atom is -0.507 e. The van der Waals surface area contributed by atoms with Gasteiger partial charge in [-0.1, -0.05) is 81.0 Å². The first kappa shape index (κ1) is 24.4. The highest BCUT2D eigenvalue weighted by molar-refractivity contribution is 9.10. The number of anilines is 1. The molecule has 10 heteroatoms. The van der Waals surface area contributed by atoms with E-state index in [4.69, 9.17) is 0 Å². The molecule has 2 aromatic heterocycles. The van der Waals surface area contributed by atoms with Gasteiger partial charge < -0.3 is 5.11 Å². The molecule has 1 aliphatic heterocycles. The Hall–Kier alpha value is -3.34. The van der Waals surface area contributed by atoms with Gasteiger partial charge in [-0.3, -0.25) is 19.5 Å². The molecular formula is C26H19BrN4O3S2. The van der Waals surface area contributed by atoms with Gasteiger partial charge in [-0.15, -0.1) is 10.2 Å². The molecule has 0 radical (unpaired) electrons. The normalized spacial score (nSPS) is 17.1. The predicted molar refractivity (Wildman–Crippen MR) is 144 cm³/mol. The van der Waals surface area contributed by atoms with Crippen LogP contribution >= 0.6 is 39.0 Å². The Labute approximate surface area is 224 Å². The number of amides is 1. The fourth-order valence-electron chi connectivity index (χ4n) is 3.84. The fraction of sp³-hybridized carbons (Fsp3) is 0.115. The number of carbonyl (C=O) groups is 2. The number of hydrogen-bond donors (Lipinski definition) is 1. The molecule has 3 heterocycles. The van der Waals surface area contributed by atoms with Crippen LogP contribution < -0.4 is 4.90 Å². The summed E-state index contributed by atoms with van der Waals surface area (Å²) in [6.45, 7) is 2.04. The molecule has 180 valence electrons. The molecule has 1 fully saturated rings. The quantitative estimate of drug-likeness (QED) is 0.0996. The van der Waals surface area contributed by atoms with E-state index in [0.717, 1.165) is 10.0 Å². The number of aliphatic hydroxyl groups is 1. The average Bonchev–Trinajstić information content (AvgIpc) is 3.46. The molecule has 0 aliphatic carbocycles. The second kappa shape index (κ2) is 10.3. The molecule has 4 aromatic rings. The number of aromatic nitrogens is 3. The Morgan fingerprint density at radius 3 is 2.42 bits per heavy atom. The Bertz CT molecular complexity index is 1450. The molecular weight excluding hydrogens is 560 g/mol. The number of hydrogen-bond acceptors (Lipinski definition) is 8. The van der Waals surface area contributed by atoms with Crippen LogP contribution in [0.15, 0.2) is 87.4 Å². The second-order valence-corrected chi connectivity index (χ2v) is 11.2. The van der Waals surface area contributed by atoms with Crippen molar-refractivity contribution >= 4 is 61.6 Å². The number of pyridine rings is 1. The number of Topliss-reactive ketones (excluding diaryl/α,β-unsaturated/α-hetero) is 1. The Kier molecular flexibility index (Phi) is 6.99. The van der Waals surface area contributed by atoms with E-state index in [1.807, 2.05) is 31.2 Å². The Morgan fingerprint density at radius 1 is 1.03 bits per heavy atom. The van der Waals surface area contributed by atoms with Crippen LogP contribution in [0.25, 0.3) is 5.76 Å². The summed E-state index contributed by atoms with van der Waals surface area (Å²) in [5.41, 5.74) is 3.40. The van der Waals surface area contributed by atoms with Crippen molar-refractivity contribution in [3.05, 3.63) is 105 Å². The molecule has 36 heavy (non-hydrogen) atoms. The number of thioether (sulfide) groups is 1. The Morgan fingerprint density at radius 2 is 1.72 bits per heavy atom. The lowest BCUT2D eigenvalue weighted by Gasteiger charge is -2.22. The zero-order chi connectivity index (χ0) is 25.2. The highest BCUT2D eigenvalue weighted by Gasteiger charge is 2.48. The summed E-state index contributed by atoms with van der Waals surface area (Å²) in [6.07, 6.45) is 3.03. The third-order valence-electron chi connectivity index (χ3n) is 5.67. The summed E-state index contributed by atoms with van der Waals surface area (Å²) in [5, 5.41) is 19.9. The summed E-state index contributed by atoms with van der Waals surface area (Å²) in [6, 6.07) is 17.8. The summed E-state index contributed by atoms with van der Waals surface area (Å²) < 4.78 is 1.53. The average molecular weight is 580 g/mol. The standard InChI is InChI=1S/C26H19BrN4O3S2/c1-15-2-4-16(5-3-15)14-35-26-30-29-25(36-26)31-21(17-6-8-19(27)9-7-17)20(23(33)24(31)34)22(32)18-10-12-28-13-11-18/h2-13,21,32H,14H2,1H3/b22-20+. The SMILES string of the molecule is Cc1ccc(CSc2nnc(N3C(=O)C(=O)/C(=C(/O)c4ccncc4)C3c3ccc(Br)cc3)s2)cc1. The van der Waals surface area contributed by atoms with Crippen LogP contribution in [0.5, 0.6) is 0 Å². The van der Waals surface area contributed by atoms with Crippen LogP contribution in [0.1, 0.15) is 28.3 Å². The third kappa shape index (κ3) is 4.84. The van der Waals surface area contributed by atoms with Gasteiger partial charge >= 0.3 is 5.91 Å². The van der Waals surface area contributed by atoms with Crippen molar-refractivity contribution in [2.24, 2.45) is 0 Å². The number of carbonyl (C=O) groups excluding carboxylic acids is 2. The minimum atomic E-state index is -0.853. The maximum Gasteiger partial charge on any atom is 0.301 e. The highest BCUT2D eigenvalue weighted by Crippen LogP contribution is 2.44. The van der Waals surface area contributed by atoms with Gasteiger partial charge in [-0.25, -0.2) is 0 Å². The van der Waals surface area contributed by atoms with Gasteiger partial charge in [-0.2, -0.15) is 0 Å². The number of benzene rings is 2. The van der Waals surface area contributed by atoms with Crippen molar-refractivity contribution in [2.45, 2.75) is 23.1 Å². The maximum atomic E-state index is 13.3. The van der Waals surface area contributed by atoms with Gasteiger partial charge in [0.2, 0.25) is 5.13 Å². The molecule has 2 aromatic carbocycles. The lowest BCUT2D eigenvalue weighted by molar-refractivity contribution is -0.132. The van der Waals surface area contributed by atoms with Crippen LogP contribution in [0.2, 0.25) is 0 Å². The highest BCUT2D eigenvalue weighted by atomic mass is 79.9. The number of ketones is 1. The summed E-state index contributed by atoms with van der Waals surface area (Å²) >= 11 is 6.17. The first-order valence-corrected chi connectivity index (χ1v) is 13.5. The van der Waals surface area contributed by atoms with E-state index in [9.17, 15) is 14.7 Å². The molecule has 5 rings (SSSR count). The number of halogens is 1. The molecule has 1 amide bonds. The van der Waals surface area contributed by atoms with Crippen molar-refractivity contribution < 1.29 is 14.7 Å². The number of aliphatic hydroxyl groups excluding tert-OH is 1. The molecule has 1 aliphatic rings. The van der Waals surface area contributed by atoms with Gasteiger partial charge in [0.1, 0.15) is 5.76 Å². The van der Waals surface area contributed by atoms with Gasteiger partial charge in [-0.05, 0) is 42.3 Å². The van der Waals surface area contributed by atoms with Gasteiger partial charge in [0.15, 0.2) is 4.34 Å². The topological polar surface area (TPSA) is 96.3 Å². The maximum absolute atomic E-state index is 13.3. The molecule has 0 saturated carbocycles. The van der Waals surface area contributed by atoms with Crippen molar-refractivity contribution in [1.82, 2.24) is 15.2 Å². The van der Waals surface area contributed by atoms with Crippen molar-refractivity contribution in [3.8, 4) is 0 Å². The molecule has 0 bridgehead atoms. The molecule has 7 nitrogen and oxygen atoms in total. The van der Waals surface area contributed by atoms with E-state index >= 15 is 0 Å². The molecule has 1 unspecified atom stereocenters. The first-order valence-electron chi connectivity index (χ1n) is 10.9. The minimum absolute atomic E-state index is 0.00224. The van der Waals surface area contributed by atoms with Crippen molar-refractivity contribution in [2.75, 3.05) is 4.90 Å². The van der Waals surface area contributed by atoms with E-state index in [1.54, 1.807) is 12.1 Å². The van der Waals surface area contributed by atoms with E-state index in [-0.39, 0.29) is 11.3 Å². The van der Waals surface area contributed by atoms with Gasteiger partial charge in [0, 0.05) is 28.2 Å². The molecule has 1 N–H and O–H groups in total. The summed E-state index contributed by atoms with van der Waals surface area (Å²) in [4.78, 5) is 31.8. The fourth-order valence-corrected chi connectivity index (χ4v) is 5.93. The zero-order valence-electron chi connectivity index (χ0n) is 19.0. The van der Waals surface area contributed by atoms with Crippen LogP contribution in [0.4, 0.5) is 5.13 Å². The van der Waals surface area contributed by atoms with Crippen LogP contribution in [-0.2, 0) is 15.3 Å². The number of rotatable bonds is 6. The largest absolute Gasteiger partial charge is 0.507 e. The van der Waals surface area contributed by atoms with Crippen LogP contribution in [0, 0.1) is 6.92 Å². The summed E-state index contributed by atoms with van der Waals surface area (Å²) in [7, 11) is 0. The lowest BCUT2D eigenvalue weighted by atomic mass is 9.96. The monoisotopic (exact) mass is 578 g/mol. The van der Waals surface area contributed by atoms with Crippen molar-refractivity contribution in [1.29, 1.82) is 0 Å². The first-order chi connectivity index (χ1) is 17.4. The van der Waals surface area contributed by atoms with Crippen molar-refractivity contribution in [3.63, 3.8) is 0 Å². The second-order valence-electron chi connectivity index (χ2n) is 8.08. The van der Waals surface area contributed by atoms with E-state index in [2.05, 4.69) is 55.4 Å². The van der Waals surface area contributed by atoms with Gasteiger partial charge in [0.05, 0.1) is 11.6 Å². The van der Waals surface area contributed by atoms with Crippen LogP contribution in [0.3, 0.4) is 0 Å². The molecule has 0 spiro atoms. The Balaban J connectivity index is 1.52. The predicted octanol–water partition coefficient (Wildman–Crippen LogP) is 5.92. The molecule has 1 saturated heterocycles. The molecule has 1 atom stereocenters. The van der Waals surface area contributed by atoms with Gasteiger partial charge in [0.25, 0.3) is 5.78 Å². The number of aryl methyl sites for hydroxylation is 1. The van der Waals surface area contributed by atoms with E-state index in [1.165, 1.54) is 46.0 Å². The summed E-state index contributed by atoms with van der Waals surface area (Å²) in [5.74, 6) is -1.10. The zero-order valence-corrected chi connectivity index (χ0v) is 22.2.